The van der Waals surface area contributed by atoms with Crippen molar-refractivity contribution in [3.05, 3.63) is 0 Å². The lowest BCUT2D eigenvalue weighted by molar-refractivity contribution is 0.108. The number of ether oxygens (including phenoxy) is 1. The second kappa shape index (κ2) is 6.63. The third-order valence-electron chi connectivity index (χ3n) is 2.85. The maximum absolute atomic E-state index is 8.35. The van der Waals surface area contributed by atoms with E-state index < -0.39 is 0 Å². The summed E-state index contributed by atoms with van der Waals surface area (Å²) in [4.78, 5) is 2.40. The molecule has 1 fully saturated rings. The molecule has 1 rings (SSSR count). The van der Waals surface area contributed by atoms with E-state index in [2.05, 4.69) is 10.1 Å². The summed E-state index contributed by atoms with van der Waals surface area (Å²) in [5.74, 6) is 0.325. The molecule has 0 saturated carbocycles. The van der Waals surface area contributed by atoms with Gasteiger partial charge in [-0.3, -0.25) is 0 Å². The average molecular weight is 215 g/mol. The van der Waals surface area contributed by atoms with Crippen LogP contribution in [0.1, 0.15) is 25.7 Å². The zero-order chi connectivity index (χ0) is 11.1. The van der Waals surface area contributed by atoms with Crippen molar-refractivity contribution >= 4 is 5.84 Å². The highest BCUT2D eigenvalue weighted by Crippen LogP contribution is 2.12. The molecule has 0 spiro atoms. The van der Waals surface area contributed by atoms with E-state index in [9.17, 15) is 0 Å². The van der Waals surface area contributed by atoms with Crippen LogP contribution in [0.4, 0.5) is 0 Å². The Morgan fingerprint density at radius 2 is 2.40 bits per heavy atom. The Morgan fingerprint density at radius 3 is 3.00 bits per heavy atom. The molecular weight excluding hydrogens is 194 g/mol. The minimum absolute atomic E-state index is 0.325. The molecule has 0 aliphatic carbocycles. The first-order valence-corrected chi connectivity index (χ1v) is 5.47. The van der Waals surface area contributed by atoms with Crippen molar-refractivity contribution in [3.63, 3.8) is 0 Å². The van der Waals surface area contributed by atoms with Gasteiger partial charge in [0.05, 0.1) is 6.10 Å². The molecule has 0 bridgehead atoms. The highest BCUT2D eigenvalue weighted by Gasteiger charge is 2.20. The molecule has 1 heterocycles. The Kier molecular flexibility index (Phi) is 5.42. The van der Waals surface area contributed by atoms with Gasteiger partial charge in [-0.2, -0.15) is 0 Å². The Morgan fingerprint density at radius 1 is 1.60 bits per heavy atom. The molecule has 0 aromatic carbocycles. The maximum atomic E-state index is 8.35. The summed E-state index contributed by atoms with van der Waals surface area (Å²) in [5, 5.41) is 11.3. The predicted octanol–water partition coefficient (Wildman–Crippen LogP) is 0.624. The van der Waals surface area contributed by atoms with Gasteiger partial charge in [0.2, 0.25) is 0 Å². The van der Waals surface area contributed by atoms with Crippen LogP contribution in [0.5, 0.6) is 0 Å². The second-order valence-corrected chi connectivity index (χ2v) is 4.00. The number of hydrogen-bond donors (Lipinski definition) is 2. The number of nitrogens with zero attached hydrogens (tertiary/aromatic N) is 2. The molecule has 0 amide bonds. The summed E-state index contributed by atoms with van der Waals surface area (Å²) in [6.45, 7) is 3.25. The fourth-order valence-corrected chi connectivity index (χ4v) is 1.88. The molecule has 5 nitrogen and oxygen atoms in total. The number of nitrogens with two attached hydrogens (primary N) is 1. The monoisotopic (exact) mass is 215 g/mol. The van der Waals surface area contributed by atoms with Gasteiger partial charge < -0.3 is 20.6 Å². The Labute approximate surface area is 90.9 Å². The molecule has 15 heavy (non-hydrogen) atoms. The van der Waals surface area contributed by atoms with E-state index >= 15 is 0 Å². The summed E-state index contributed by atoms with van der Waals surface area (Å²) in [6, 6.07) is 0. The Hall–Kier alpha value is -0.810. The van der Waals surface area contributed by atoms with E-state index in [1.807, 2.05) is 0 Å². The molecular formula is C10H21N3O2. The van der Waals surface area contributed by atoms with Crippen LogP contribution in [-0.2, 0) is 4.74 Å². The lowest BCUT2D eigenvalue weighted by atomic mass is 10.2. The quantitative estimate of drug-likeness (QED) is 0.224. The normalized spacial score (nSPS) is 23.5. The molecule has 1 aliphatic heterocycles. The van der Waals surface area contributed by atoms with Crippen molar-refractivity contribution in [2.24, 2.45) is 10.9 Å². The molecule has 3 N–H and O–H groups in total. The van der Waals surface area contributed by atoms with Crippen molar-refractivity contribution < 1.29 is 9.94 Å². The standard InChI is InChI=1S/C10H21N3O2/c1-15-9-5-7-13(8-9)6-3-2-4-10(11)12-14/h9,14H,2-8H2,1H3,(H2,11,12). The van der Waals surface area contributed by atoms with Gasteiger partial charge in [-0.1, -0.05) is 5.16 Å². The van der Waals surface area contributed by atoms with Crippen LogP contribution in [0.15, 0.2) is 5.16 Å². The van der Waals surface area contributed by atoms with Gasteiger partial charge >= 0.3 is 0 Å². The highest BCUT2D eigenvalue weighted by molar-refractivity contribution is 5.79. The summed E-state index contributed by atoms with van der Waals surface area (Å²) in [5.41, 5.74) is 5.38. The predicted molar refractivity (Wildman–Crippen MR) is 59.1 cm³/mol. The molecule has 5 heteroatoms. The first-order chi connectivity index (χ1) is 7.26. The number of rotatable bonds is 6. The Balaban J connectivity index is 2.01. The summed E-state index contributed by atoms with van der Waals surface area (Å²) < 4.78 is 5.29. The van der Waals surface area contributed by atoms with Gasteiger partial charge in [0.15, 0.2) is 0 Å². The molecule has 1 aliphatic rings. The zero-order valence-electron chi connectivity index (χ0n) is 9.35. The fraction of sp³-hybridized carbons (Fsp3) is 0.900. The van der Waals surface area contributed by atoms with Crippen LogP contribution in [0.3, 0.4) is 0 Å². The summed E-state index contributed by atoms with van der Waals surface area (Å²) in [7, 11) is 1.77. The van der Waals surface area contributed by atoms with Gasteiger partial charge in [0.1, 0.15) is 5.84 Å². The molecule has 0 aromatic heterocycles. The number of hydrogen-bond acceptors (Lipinski definition) is 4. The van der Waals surface area contributed by atoms with Crippen molar-refractivity contribution in [2.45, 2.75) is 31.8 Å². The van der Waals surface area contributed by atoms with Crippen LogP contribution in [0.2, 0.25) is 0 Å². The summed E-state index contributed by atoms with van der Waals surface area (Å²) >= 11 is 0. The van der Waals surface area contributed by atoms with Gasteiger partial charge in [-0.05, 0) is 25.8 Å². The molecule has 1 atom stereocenters. The van der Waals surface area contributed by atoms with E-state index in [4.69, 9.17) is 15.7 Å². The second-order valence-electron chi connectivity index (χ2n) is 4.00. The van der Waals surface area contributed by atoms with Crippen molar-refractivity contribution in [1.82, 2.24) is 4.90 Å². The summed E-state index contributed by atoms with van der Waals surface area (Å²) in [6.07, 6.45) is 4.29. The zero-order valence-corrected chi connectivity index (χ0v) is 9.35. The van der Waals surface area contributed by atoms with E-state index in [-0.39, 0.29) is 0 Å². The lowest BCUT2D eigenvalue weighted by Gasteiger charge is -2.14. The van der Waals surface area contributed by atoms with E-state index in [1.165, 1.54) is 0 Å². The van der Waals surface area contributed by atoms with Gasteiger partial charge in [-0.25, -0.2) is 0 Å². The largest absolute Gasteiger partial charge is 0.409 e. The van der Waals surface area contributed by atoms with Crippen LogP contribution in [0, 0.1) is 0 Å². The van der Waals surface area contributed by atoms with E-state index in [1.54, 1.807) is 7.11 Å². The minimum atomic E-state index is 0.325. The topological polar surface area (TPSA) is 71.1 Å². The van der Waals surface area contributed by atoms with Gasteiger partial charge in [0.25, 0.3) is 0 Å². The van der Waals surface area contributed by atoms with E-state index in [0.29, 0.717) is 18.4 Å². The molecule has 0 radical (unpaired) electrons. The van der Waals surface area contributed by atoms with Crippen molar-refractivity contribution in [3.8, 4) is 0 Å². The van der Waals surface area contributed by atoms with Crippen LogP contribution in [-0.4, -0.2) is 48.8 Å². The molecule has 1 saturated heterocycles. The maximum Gasteiger partial charge on any atom is 0.139 e. The van der Waals surface area contributed by atoms with Crippen molar-refractivity contribution in [2.75, 3.05) is 26.7 Å². The lowest BCUT2D eigenvalue weighted by Crippen LogP contribution is -2.24. The smallest absolute Gasteiger partial charge is 0.139 e. The third kappa shape index (κ3) is 4.48. The first kappa shape index (κ1) is 12.3. The van der Waals surface area contributed by atoms with E-state index in [0.717, 1.165) is 38.9 Å². The number of unbranched alkanes of at least 4 members (excludes halogenated alkanes) is 1. The Bertz CT molecular complexity index is 209. The number of methoxy groups -OCH3 is 1. The van der Waals surface area contributed by atoms with Crippen LogP contribution < -0.4 is 5.73 Å². The van der Waals surface area contributed by atoms with Crippen molar-refractivity contribution in [1.29, 1.82) is 0 Å². The highest BCUT2D eigenvalue weighted by atomic mass is 16.5. The average Bonchev–Trinajstić information content (AvgIpc) is 2.72. The molecule has 88 valence electrons. The van der Waals surface area contributed by atoms with Gasteiger partial charge in [0, 0.05) is 26.6 Å². The van der Waals surface area contributed by atoms with Crippen LogP contribution >= 0.6 is 0 Å². The number of oxime groups is 1. The SMILES string of the molecule is COC1CCN(CCCCC(N)=NO)C1. The van der Waals surface area contributed by atoms with Gasteiger partial charge in [-0.15, -0.1) is 0 Å². The number of amidine groups is 1. The number of likely N-dealkylation sites (tertiary alicyclic amines) is 1. The first-order valence-electron chi connectivity index (χ1n) is 5.47. The molecule has 0 aromatic rings. The van der Waals surface area contributed by atoms with Crippen LogP contribution in [0.25, 0.3) is 0 Å². The minimum Gasteiger partial charge on any atom is -0.409 e. The fourth-order valence-electron chi connectivity index (χ4n) is 1.88. The third-order valence-corrected chi connectivity index (χ3v) is 2.85. The molecule has 1 unspecified atom stereocenters.